The number of aryl methyl sites for hydroxylation is 1. The summed E-state index contributed by atoms with van der Waals surface area (Å²) in [4.78, 5) is 0. The summed E-state index contributed by atoms with van der Waals surface area (Å²) in [5.41, 5.74) is 5.80. The lowest BCUT2D eigenvalue weighted by atomic mass is 10.0. The first-order valence-corrected chi connectivity index (χ1v) is 7.36. The molecule has 2 rings (SSSR count). The second-order valence-electron chi connectivity index (χ2n) is 5.72. The van der Waals surface area contributed by atoms with Crippen LogP contribution in [0, 0.1) is 25.2 Å². The molecule has 0 saturated carbocycles. The Morgan fingerprint density at radius 3 is 2.57 bits per heavy atom. The summed E-state index contributed by atoms with van der Waals surface area (Å²) in [7, 11) is 1.94. The van der Waals surface area contributed by atoms with Crippen LogP contribution in [0.1, 0.15) is 35.0 Å². The average molecular weight is 281 g/mol. The van der Waals surface area contributed by atoms with Crippen molar-refractivity contribution >= 4 is 0 Å². The van der Waals surface area contributed by atoms with Gasteiger partial charge in [0.1, 0.15) is 11.8 Å². The third-order valence-corrected chi connectivity index (χ3v) is 4.18. The van der Waals surface area contributed by atoms with Crippen LogP contribution < -0.4 is 5.32 Å². The third kappa shape index (κ3) is 3.53. The van der Waals surface area contributed by atoms with Crippen LogP contribution in [-0.2, 0) is 20.0 Å². The first-order chi connectivity index (χ1) is 10.0. The predicted molar refractivity (Wildman–Crippen MR) is 86.0 cm³/mol. The molecular formula is C18H23N3. The van der Waals surface area contributed by atoms with E-state index >= 15 is 0 Å². The van der Waals surface area contributed by atoms with E-state index in [0.29, 0.717) is 6.04 Å². The van der Waals surface area contributed by atoms with E-state index in [9.17, 15) is 0 Å². The molecule has 3 nitrogen and oxygen atoms in total. The summed E-state index contributed by atoms with van der Waals surface area (Å²) in [6.45, 7) is 7.22. The first kappa shape index (κ1) is 15.3. The molecule has 0 fully saturated rings. The van der Waals surface area contributed by atoms with E-state index < -0.39 is 0 Å². The van der Waals surface area contributed by atoms with Crippen LogP contribution >= 0.6 is 0 Å². The SMILES string of the molecule is Cc1ccccc1CC(C)NCc1cc(C#N)n(C)c1C. The van der Waals surface area contributed by atoms with Gasteiger partial charge in [-0.05, 0) is 49.9 Å². The van der Waals surface area contributed by atoms with Crippen molar-refractivity contribution in [3.8, 4) is 6.07 Å². The van der Waals surface area contributed by atoms with Crippen molar-refractivity contribution < 1.29 is 0 Å². The number of nitrogens with one attached hydrogen (secondary N) is 1. The van der Waals surface area contributed by atoms with Gasteiger partial charge in [0.25, 0.3) is 0 Å². The minimum absolute atomic E-state index is 0.399. The largest absolute Gasteiger partial charge is 0.340 e. The van der Waals surface area contributed by atoms with E-state index in [-0.39, 0.29) is 0 Å². The number of hydrogen-bond donors (Lipinski definition) is 1. The average Bonchev–Trinajstić information content (AvgIpc) is 2.75. The topological polar surface area (TPSA) is 40.8 Å². The van der Waals surface area contributed by atoms with Gasteiger partial charge in [-0.1, -0.05) is 24.3 Å². The van der Waals surface area contributed by atoms with Crippen LogP contribution in [0.2, 0.25) is 0 Å². The van der Waals surface area contributed by atoms with Gasteiger partial charge in [-0.15, -0.1) is 0 Å². The van der Waals surface area contributed by atoms with Gasteiger partial charge >= 0.3 is 0 Å². The van der Waals surface area contributed by atoms with Gasteiger partial charge in [-0.25, -0.2) is 0 Å². The summed E-state index contributed by atoms with van der Waals surface area (Å²) >= 11 is 0. The molecule has 1 aromatic carbocycles. The molecule has 21 heavy (non-hydrogen) atoms. The molecule has 110 valence electrons. The van der Waals surface area contributed by atoms with E-state index in [2.05, 4.69) is 56.4 Å². The van der Waals surface area contributed by atoms with E-state index in [1.807, 2.05) is 17.7 Å². The number of benzene rings is 1. The van der Waals surface area contributed by atoms with Crippen molar-refractivity contribution in [3.05, 3.63) is 58.4 Å². The zero-order valence-electron chi connectivity index (χ0n) is 13.3. The first-order valence-electron chi connectivity index (χ1n) is 7.36. The van der Waals surface area contributed by atoms with Gasteiger partial charge < -0.3 is 9.88 Å². The minimum Gasteiger partial charge on any atom is -0.340 e. The Morgan fingerprint density at radius 1 is 1.24 bits per heavy atom. The third-order valence-electron chi connectivity index (χ3n) is 4.18. The number of nitriles is 1. The second-order valence-corrected chi connectivity index (χ2v) is 5.72. The van der Waals surface area contributed by atoms with Crippen LogP contribution in [0.3, 0.4) is 0 Å². The highest BCUT2D eigenvalue weighted by Gasteiger charge is 2.10. The summed E-state index contributed by atoms with van der Waals surface area (Å²) in [6, 6.07) is 13.1. The highest BCUT2D eigenvalue weighted by atomic mass is 15.0. The van der Waals surface area contributed by atoms with Crippen molar-refractivity contribution in [2.75, 3.05) is 0 Å². The van der Waals surface area contributed by atoms with Gasteiger partial charge in [0.15, 0.2) is 0 Å². The molecule has 1 atom stereocenters. The van der Waals surface area contributed by atoms with Crippen molar-refractivity contribution in [3.63, 3.8) is 0 Å². The minimum atomic E-state index is 0.399. The molecule has 0 saturated heterocycles. The lowest BCUT2D eigenvalue weighted by Crippen LogP contribution is -2.28. The molecule has 1 aromatic heterocycles. The number of aromatic nitrogens is 1. The molecule has 0 aliphatic rings. The molecule has 3 heteroatoms. The molecule has 1 unspecified atom stereocenters. The Balaban J connectivity index is 1.97. The number of nitrogens with zero attached hydrogens (tertiary/aromatic N) is 2. The fourth-order valence-corrected chi connectivity index (χ4v) is 2.57. The lowest BCUT2D eigenvalue weighted by molar-refractivity contribution is 0.543. The lowest BCUT2D eigenvalue weighted by Gasteiger charge is -2.15. The zero-order valence-corrected chi connectivity index (χ0v) is 13.3. The van der Waals surface area contributed by atoms with Crippen molar-refractivity contribution in [1.29, 1.82) is 5.26 Å². The Hall–Kier alpha value is -2.05. The molecule has 0 amide bonds. The Kier molecular flexibility index (Phi) is 4.82. The van der Waals surface area contributed by atoms with Crippen LogP contribution in [0.15, 0.2) is 30.3 Å². The van der Waals surface area contributed by atoms with Crippen molar-refractivity contribution in [1.82, 2.24) is 9.88 Å². The van der Waals surface area contributed by atoms with Crippen LogP contribution in [0.25, 0.3) is 0 Å². The summed E-state index contributed by atoms with van der Waals surface area (Å²) in [5, 5.41) is 12.6. The molecular weight excluding hydrogens is 258 g/mol. The maximum atomic E-state index is 9.07. The second kappa shape index (κ2) is 6.60. The highest BCUT2D eigenvalue weighted by molar-refractivity contribution is 5.34. The monoisotopic (exact) mass is 281 g/mol. The quantitative estimate of drug-likeness (QED) is 0.914. The summed E-state index contributed by atoms with van der Waals surface area (Å²) in [5.74, 6) is 0. The van der Waals surface area contributed by atoms with Crippen LogP contribution in [0.5, 0.6) is 0 Å². The predicted octanol–water partition coefficient (Wildman–Crippen LogP) is 3.23. The zero-order chi connectivity index (χ0) is 15.4. The normalized spacial score (nSPS) is 12.1. The molecule has 0 spiro atoms. The fraction of sp³-hybridized carbons (Fsp3) is 0.389. The number of rotatable bonds is 5. The van der Waals surface area contributed by atoms with E-state index in [4.69, 9.17) is 5.26 Å². The van der Waals surface area contributed by atoms with Crippen molar-refractivity contribution in [2.45, 2.75) is 39.8 Å². The Morgan fingerprint density at radius 2 is 1.95 bits per heavy atom. The molecule has 0 aliphatic heterocycles. The molecule has 0 radical (unpaired) electrons. The van der Waals surface area contributed by atoms with Gasteiger partial charge in [0.05, 0.1) is 0 Å². The van der Waals surface area contributed by atoms with Crippen LogP contribution in [0.4, 0.5) is 0 Å². The summed E-state index contributed by atoms with van der Waals surface area (Å²) < 4.78 is 1.95. The standard InChI is InChI=1S/C18H23N3/c1-13-7-5-6-8-16(13)9-14(2)20-12-17-10-18(11-19)21(4)15(17)3/h5-8,10,14,20H,9,12H2,1-4H3. The van der Waals surface area contributed by atoms with Crippen LogP contribution in [-0.4, -0.2) is 10.6 Å². The molecule has 0 aliphatic carbocycles. The molecule has 2 aromatic rings. The maximum Gasteiger partial charge on any atom is 0.120 e. The smallest absolute Gasteiger partial charge is 0.120 e. The Labute approximate surface area is 127 Å². The van der Waals surface area contributed by atoms with Gasteiger partial charge in [-0.2, -0.15) is 5.26 Å². The highest BCUT2D eigenvalue weighted by Crippen LogP contribution is 2.14. The van der Waals surface area contributed by atoms with Gasteiger partial charge in [-0.3, -0.25) is 0 Å². The van der Waals surface area contributed by atoms with E-state index in [1.165, 1.54) is 16.7 Å². The Bertz CT molecular complexity index is 662. The summed E-state index contributed by atoms with van der Waals surface area (Å²) in [6.07, 6.45) is 1.02. The molecule has 1 N–H and O–H groups in total. The fourth-order valence-electron chi connectivity index (χ4n) is 2.57. The van der Waals surface area contributed by atoms with E-state index in [0.717, 1.165) is 24.4 Å². The van der Waals surface area contributed by atoms with E-state index in [1.54, 1.807) is 0 Å². The number of hydrogen-bond acceptors (Lipinski definition) is 2. The molecule has 1 heterocycles. The van der Waals surface area contributed by atoms with Gasteiger partial charge in [0, 0.05) is 25.3 Å². The van der Waals surface area contributed by atoms with Crippen molar-refractivity contribution in [2.24, 2.45) is 7.05 Å². The van der Waals surface area contributed by atoms with Gasteiger partial charge in [0.2, 0.25) is 0 Å². The maximum absolute atomic E-state index is 9.07. The molecule has 0 bridgehead atoms.